The molecule has 5 nitrogen and oxygen atoms in total. The molecule has 0 saturated carbocycles. The number of ether oxygens (including phenoxy) is 1. The molecule has 2 heterocycles. The minimum Gasteiger partial charge on any atom is -0.497 e. The number of methoxy groups -OCH3 is 1. The number of anilines is 1. The maximum absolute atomic E-state index is 5.81. The van der Waals surface area contributed by atoms with E-state index in [1.165, 1.54) is 0 Å². The van der Waals surface area contributed by atoms with E-state index in [4.69, 9.17) is 16.2 Å². The summed E-state index contributed by atoms with van der Waals surface area (Å²) < 4.78 is 7.41. The number of hydrogen-bond acceptors (Lipinski definition) is 4. The monoisotopic (exact) mass is 282 g/mol. The molecule has 0 fully saturated rings. The van der Waals surface area contributed by atoms with Crippen molar-refractivity contribution in [3.63, 3.8) is 0 Å². The van der Waals surface area contributed by atoms with Gasteiger partial charge in [0.05, 0.1) is 12.6 Å². The normalized spacial score (nSPS) is 11.0. The fourth-order valence-corrected chi connectivity index (χ4v) is 2.55. The predicted octanol–water partition coefficient (Wildman–Crippen LogP) is 2.25. The zero-order valence-electron chi connectivity index (χ0n) is 11.9. The molecular formula is C16H18N4O. The van der Waals surface area contributed by atoms with E-state index in [2.05, 4.69) is 21.8 Å². The van der Waals surface area contributed by atoms with Gasteiger partial charge in [-0.05, 0) is 17.7 Å². The molecule has 3 aromatic rings. The molecule has 4 N–H and O–H groups in total. The summed E-state index contributed by atoms with van der Waals surface area (Å²) in [5.74, 6) is 1.34. The third kappa shape index (κ3) is 2.43. The van der Waals surface area contributed by atoms with Gasteiger partial charge in [0.25, 0.3) is 0 Å². The Morgan fingerprint density at radius 3 is 2.90 bits per heavy atom. The number of pyridine rings is 1. The maximum Gasteiger partial charge on any atom is 0.125 e. The van der Waals surface area contributed by atoms with Crippen molar-refractivity contribution < 1.29 is 4.74 Å². The lowest BCUT2D eigenvalue weighted by Crippen LogP contribution is -2.08. The van der Waals surface area contributed by atoms with Gasteiger partial charge >= 0.3 is 0 Å². The molecule has 0 bridgehead atoms. The molecule has 0 saturated heterocycles. The molecule has 0 radical (unpaired) electrons. The molecule has 0 unspecified atom stereocenters. The number of fused-ring (bicyclic) bond motifs is 1. The highest BCUT2D eigenvalue weighted by Crippen LogP contribution is 2.32. The van der Waals surface area contributed by atoms with Crippen molar-refractivity contribution in [2.45, 2.75) is 6.54 Å². The molecule has 0 spiro atoms. The van der Waals surface area contributed by atoms with E-state index >= 15 is 0 Å². The largest absolute Gasteiger partial charge is 0.497 e. The minimum atomic E-state index is 0.510. The van der Waals surface area contributed by atoms with E-state index in [1.54, 1.807) is 7.11 Å². The molecule has 0 aliphatic rings. The predicted molar refractivity (Wildman–Crippen MR) is 85.2 cm³/mol. The van der Waals surface area contributed by atoms with Crippen molar-refractivity contribution in [1.29, 1.82) is 0 Å². The van der Waals surface area contributed by atoms with Crippen LogP contribution in [0.4, 0.5) is 5.82 Å². The van der Waals surface area contributed by atoms with Gasteiger partial charge in [0, 0.05) is 42.5 Å². The third-order valence-corrected chi connectivity index (χ3v) is 3.54. The van der Waals surface area contributed by atoms with Crippen molar-refractivity contribution >= 4 is 16.7 Å². The molecule has 0 aliphatic carbocycles. The van der Waals surface area contributed by atoms with Gasteiger partial charge in [0.2, 0.25) is 0 Å². The Labute approximate surface area is 123 Å². The smallest absolute Gasteiger partial charge is 0.125 e. The Morgan fingerprint density at radius 2 is 2.14 bits per heavy atom. The summed E-state index contributed by atoms with van der Waals surface area (Å²) >= 11 is 0. The molecule has 108 valence electrons. The van der Waals surface area contributed by atoms with Crippen LogP contribution in [-0.4, -0.2) is 23.2 Å². The number of hydrogen-bond donors (Lipinski definition) is 2. The van der Waals surface area contributed by atoms with Crippen LogP contribution >= 0.6 is 0 Å². The molecule has 2 aromatic heterocycles. The first-order chi connectivity index (χ1) is 10.2. The Balaban J connectivity index is 2.22. The Bertz CT molecular complexity index is 779. The maximum atomic E-state index is 5.81. The SMILES string of the molecule is COc1cccc(-c2cn(CCN)c3cc(N)ncc23)c1. The van der Waals surface area contributed by atoms with E-state index in [1.807, 2.05) is 30.5 Å². The van der Waals surface area contributed by atoms with Gasteiger partial charge in [0.1, 0.15) is 11.6 Å². The summed E-state index contributed by atoms with van der Waals surface area (Å²) in [5, 5.41) is 1.06. The van der Waals surface area contributed by atoms with Crippen LogP contribution in [0.1, 0.15) is 0 Å². The molecule has 0 atom stereocenters. The summed E-state index contributed by atoms with van der Waals surface area (Å²) in [6.45, 7) is 1.31. The van der Waals surface area contributed by atoms with Gasteiger partial charge < -0.3 is 20.8 Å². The van der Waals surface area contributed by atoms with Crippen LogP contribution < -0.4 is 16.2 Å². The van der Waals surface area contributed by atoms with Gasteiger partial charge in [-0.2, -0.15) is 0 Å². The standard InChI is InChI=1S/C16H18N4O/c1-21-12-4-2-3-11(7-12)14-10-20(6-5-17)15-8-16(18)19-9-13(14)15/h2-4,7-10H,5-6,17H2,1H3,(H2,18,19). The van der Waals surface area contributed by atoms with Gasteiger partial charge in [-0.15, -0.1) is 0 Å². The second-order valence-electron chi connectivity index (χ2n) is 4.88. The van der Waals surface area contributed by atoms with Gasteiger partial charge in [0.15, 0.2) is 0 Å². The third-order valence-electron chi connectivity index (χ3n) is 3.54. The average molecular weight is 282 g/mol. The average Bonchev–Trinajstić information content (AvgIpc) is 2.86. The summed E-state index contributed by atoms with van der Waals surface area (Å²) in [6.07, 6.45) is 3.90. The first-order valence-electron chi connectivity index (χ1n) is 6.82. The van der Waals surface area contributed by atoms with Gasteiger partial charge in [-0.1, -0.05) is 12.1 Å². The number of nitrogen functional groups attached to an aromatic ring is 1. The zero-order chi connectivity index (χ0) is 14.8. The van der Waals surface area contributed by atoms with Crippen LogP contribution in [0.2, 0.25) is 0 Å². The number of benzene rings is 1. The summed E-state index contributed by atoms with van der Waals surface area (Å²) in [7, 11) is 1.67. The van der Waals surface area contributed by atoms with Crippen molar-refractivity contribution in [1.82, 2.24) is 9.55 Å². The highest BCUT2D eigenvalue weighted by molar-refractivity contribution is 5.96. The molecular weight excluding hydrogens is 264 g/mol. The highest BCUT2D eigenvalue weighted by Gasteiger charge is 2.11. The second kappa shape index (κ2) is 5.46. The second-order valence-corrected chi connectivity index (χ2v) is 4.88. The van der Waals surface area contributed by atoms with Gasteiger partial charge in [-0.3, -0.25) is 0 Å². The Kier molecular flexibility index (Phi) is 3.50. The van der Waals surface area contributed by atoms with Crippen LogP contribution in [-0.2, 0) is 6.54 Å². The number of aromatic nitrogens is 2. The lowest BCUT2D eigenvalue weighted by molar-refractivity contribution is 0.415. The van der Waals surface area contributed by atoms with E-state index in [0.717, 1.165) is 34.3 Å². The lowest BCUT2D eigenvalue weighted by Gasteiger charge is -2.03. The van der Waals surface area contributed by atoms with Crippen LogP contribution in [0.15, 0.2) is 42.7 Å². The van der Waals surface area contributed by atoms with E-state index in [0.29, 0.717) is 12.4 Å². The fraction of sp³-hybridized carbons (Fsp3) is 0.188. The summed E-state index contributed by atoms with van der Waals surface area (Å²) in [4.78, 5) is 4.21. The summed E-state index contributed by atoms with van der Waals surface area (Å²) in [5.41, 5.74) is 14.7. The van der Waals surface area contributed by atoms with Crippen LogP contribution in [0, 0.1) is 0 Å². The van der Waals surface area contributed by atoms with Crippen molar-refractivity contribution in [3.05, 3.63) is 42.7 Å². The molecule has 5 heteroatoms. The van der Waals surface area contributed by atoms with Crippen molar-refractivity contribution in [2.75, 3.05) is 19.4 Å². The first kappa shape index (κ1) is 13.5. The Morgan fingerprint density at radius 1 is 1.29 bits per heavy atom. The summed E-state index contributed by atoms with van der Waals surface area (Å²) in [6, 6.07) is 9.86. The molecule has 1 aromatic carbocycles. The van der Waals surface area contributed by atoms with Crippen molar-refractivity contribution in [3.8, 4) is 16.9 Å². The van der Waals surface area contributed by atoms with E-state index in [-0.39, 0.29) is 0 Å². The number of rotatable bonds is 4. The number of nitrogens with zero attached hydrogens (tertiary/aromatic N) is 2. The zero-order valence-corrected chi connectivity index (χ0v) is 11.9. The van der Waals surface area contributed by atoms with E-state index < -0.39 is 0 Å². The highest BCUT2D eigenvalue weighted by atomic mass is 16.5. The van der Waals surface area contributed by atoms with Gasteiger partial charge in [-0.25, -0.2) is 4.98 Å². The molecule has 0 aliphatic heterocycles. The fourth-order valence-electron chi connectivity index (χ4n) is 2.55. The minimum absolute atomic E-state index is 0.510. The molecule has 21 heavy (non-hydrogen) atoms. The van der Waals surface area contributed by atoms with Crippen molar-refractivity contribution in [2.24, 2.45) is 5.73 Å². The van der Waals surface area contributed by atoms with E-state index in [9.17, 15) is 0 Å². The molecule has 0 amide bonds. The van der Waals surface area contributed by atoms with Crippen LogP contribution in [0.3, 0.4) is 0 Å². The topological polar surface area (TPSA) is 79.1 Å². The lowest BCUT2D eigenvalue weighted by atomic mass is 10.1. The first-order valence-corrected chi connectivity index (χ1v) is 6.82. The quantitative estimate of drug-likeness (QED) is 0.769. The molecule has 3 rings (SSSR count). The van der Waals surface area contributed by atoms with Crippen LogP contribution in [0.25, 0.3) is 22.0 Å². The van der Waals surface area contributed by atoms with Crippen LogP contribution in [0.5, 0.6) is 5.75 Å². The Hall–Kier alpha value is -2.53. The number of nitrogens with two attached hydrogens (primary N) is 2.